The van der Waals surface area contributed by atoms with E-state index < -0.39 is 16.6 Å². The minimum Gasteiger partial charge on any atom is -0.457 e. The second-order valence-electron chi connectivity index (χ2n) is 6.91. The van der Waals surface area contributed by atoms with Gasteiger partial charge in [0, 0.05) is 6.07 Å². The van der Waals surface area contributed by atoms with Crippen LogP contribution in [-0.2, 0) is 11.3 Å². The molecule has 0 aliphatic heterocycles. The summed E-state index contributed by atoms with van der Waals surface area (Å²) in [6, 6.07) is 8.26. The van der Waals surface area contributed by atoms with E-state index in [1.807, 2.05) is 0 Å². The second-order valence-corrected chi connectivity index (χ2v) is 6.91. The molecule has 0 radical (unpaired) electrons. The molecule has 1 amide bonds. The molecule has 0 bridgehead atoms. The molecule has 0 unspecified atom stereocenters. The van der Waals surface area contributed by atoms with Gasteiger partial charge in [0.1, 0.15) is 22.9 Å². The third-order valence-electron chi connectivity index (χ3n) is 3.43. The molecule has 2 aromatic carbocycles. The van der Waals surface area contributed by atoms with Crippen molar-refractivity contribution in [2.75, 3.05) is 0 Å². The highest BCUT2D eigenvalue weighted by Gasteiger charge is 2.19. The number of alkyl carbamates (subject to hydrolysis) is 1. The lowest BCUT2D eigenvalue weighted by Crippen LogP contribution is -2.32. The van der Waals surface area contributed by atoms with Crippen LogP contribution in [0.5, 0.6) is 11.5 Å². The monoisotopic (exact) mass is 376 g/mol. The zero-order valence-corrected chi connectivity index (χ0v) is 15.5. The molecule has 0 heterocycles. The zero-order chi connectivity index (χ0) is 20.2. The molecule has 144 valence electrons. The first kappa shape index (κ1) is 20.2. The normalized spacial score (nSPS) is 11.0. The molecule has 0 saturated heterocycles. The first-order chi connectivity index (χ1) is 12.5. The molecule has 2 aromatic rings. The second kappa shape index (κ2) is 8.03. The van der Waals surface area contributed by atoms with Crippen LogP contribution in [0.4, 0.5) is 14.9 Å². The molecule has 0 fully saturated rings. The summed E-state index contributed by atoms with van der Waals surface area (Å²) in [6.07, 6.45) is -0.683. The Kier molecular flexibility index (Phi) is 5.99. The van der Waals surface area contributed by atoms with Crippen molar-refractivity contribution in [3.8, 4) is 11.5 Å². The van der Waals surface area contributed by atoms with E-state index >= 15 is 0 Å². The maximum atomic E-state index is 13.2. The molecule has 0 spiro atoms. The van der Waals surface area contributed by atoms with Crippen molar-refractivity contribution in [1.29, 1.82) is 0 Å². The van der Waals surface area contributed by atoms with Gasteiger partial charge in [-0.05, 0) is 63.6 Å². The van der Waals surface area contributed by atoms with E-state index in [0.29, 0.717) is 17.1 Å². The summed E-state index contributed by atoms with van der Waals surface area (Å²) in [5.74, 6) is 0.374. The van der Waals surface area contributed by atoms with Crippen LogP contribution in [0.2, 0.25) is 0 Å². The summed E-state index contributed by atoms with van der Waals surface area (Å²) in [4.78, 5) is 22.5. The number of nitro benzene ring substituents is 1. The number of nitro groups is 1. The summed E-state index contributed by atoms with van der Waals surface area (Å²) in [5, 5.41) is 13.7. The molecule has 7 nitrogen and oxygen atoms in total. The Balaban J connectivity index is 2.20. The van der Waals surface area contributed by atoms with Crippen molar-refractivity contribution in [2.24, 2.45) is 0 Å². The molecule has 8 heteroatoms. The van der Waals surface area contributed by atoms with Crippen molar-refractivity contribution in [3.63, 3.8) is 0 Å². The van der Waals surface area contributed by atoms with Crippen LogP contribution in [0.3, 0.4) is 0 Å². The fourth-order valence-electron chi connectivity index (χ4n) is 2.28. The number of nitrogens with zero attached hydrogens (tertiary/aromatic N) is 1. The number of hydrogen-bond acceptors (Lipinski definition) is 5. The Morgan fingerprint density at radius 1 is 1.22 bits per heavy atom. The van der Waals surface area contributed by atoms with Gasteiger partial charge in [-0.25, -0.2) is 9.18 Å². The third kappa shape index (κ3) is 5.95. The van der Waals surface area contributed by atoms with Crippen molar-refractivity contribution >= 4 is 11.8 Å². The Morgan fingerprint density at radius 3 is 2.52 bits per heavy atom. The summed E-state index contributed by atoms with van der Waals surface area (Å²) in [7, 11) is 0. The van der Waals surface area contributed by atoms with Crippen molar-refractivity contribution in [3.05, 3.63) is 63.5 Å². The summed E-state index contributed by atoms with van der Waals surface area (Å²) in [5.41, 5.74) is 0.000284. The molecule has 0 aliphatic carbocycles. The van der Waals surface area contributed by atoms with Gasteiger partial charge >= 0.3 is 6.09 Å². The molecule has 2 rings (SSSR count). The highest BCUT2D eigenvalue weighted by Crippen LogP contribution is 2.29. The van der Waals surface area contributed by atoms with E-state index in [9.17, 15) is 19.3 Å². The lowest BCUT2D eigenvalue weighted by molar-refractivity contribution is -0.385. The molecule has 0 aromatic heterocycles. The van der Waals surface area contributed by atoms with Crippen molar-refractivity contribution < 1.29 is 23.6 Å². The standard InChI is InChI=1S/C19H21FN2O5/c1-12-9-14(20)5-8-17(12)26-15-6-7-16(22(24)25)13(10-15)11-21-18(23)27-19(2,3)4/h5-10H,11H2,1-4H3,(H,21,23). The number of hydrogen-bond donors (Lipinski definition) is 1. The van der Waals surface area contributed by atoms with E-state index in [4.69, 9.17) is 9.47 Å². The fraction of sp³-hybridized carbons (Fsp3) is 0.316. The first-order valence-corrected chi connectivity index (χ1v) is 8.23. The van der Waals surface area contributed by atoms with E-state index in [-0.39, 0.29) is 23.6 Å². The number of halogens is 1. The maximum Gasteiger partial charge on any atom is 0.407 e. The molecule has 0 saturated carbocycles. The number of carbonyl (C=O) groups excluding carboxylic acids is 1. The Morgan fingerprint density at radius 2 is 1.93 bits per heavy atom. The van der Waals surface area contributed by atoms with Gasteiger partial charge in [-0.1, -0.05) is 0 Å². The van der Waals surface area contributed by atoms with E-state index in [1.54, 1.807) is 27.7 Å². The first-order valence-electron chi connectivity index (χ1n) is 8.23. The van der Waals surface area contributed by atoms with Crippen LogP contribution >= 0.6 is 0 Å². The summed E-state index contributed by atoms with van der Waals surface area (Å²) in [6.45, 7) is 6.73. The van der Waals surface area contributed by atoms with E-state index in [1.165, 1.54) is 36.4 Å². The van der Waals surface area contributed by atoms with Gasteiger partial charge in [-0.3, -0.25) is 10.1 Å². The van der Waals surface area contributed by atoms with Gasteiger partial charge in [0.05, 0.1) is 17.0 Å². The minimum absolute atomic E-state index is 0.106. The average Bonchev–Trinajstić information content (AvgIpc) is 2.54. The largest absolute Gasteiger partial charge is 0.457 e. The van der Waals surface area contributed by atoms with Crippen LogP contribution in [0.15, 0.2) is 36.4 Å². The van der Waals surface area contributed by atoms with Crippen LogP contribution < -0.4 is 10.1 Å². The molecular formula is C19H21FN2O5. The average molecular weight is 376 g/mol. The topological polar surface area (TPSA) is 90.7 Å². The van der Waals surface area contributed by atoms with Gasteiger partial charge in [-0.15, -0.1) is 0 Å². The van der Waals surface area contributed by atoms with Gasteiger partial charge in [0.2, 0.25) is 0 Å². The summed E-state index contributed by atoms with van der Waals surface area (Å²) < 4.78 is 24.0. The van der Waals surface area contributed by atoms with Crippen molar-refractivity contribution in [1.82, 2.24) is 5.32 Å². The number of aryl methyl sites for hydroxylation is 1. The summed E-state index contributed by atoms with van der Waals surface area (Å²) >= 11 is 0. The number of amides is 1. The highest BCUT2D eigenvalue weighted by molar-refractivity contribution is 5.68. The van der Waals surface area contributed by atoms with Gasteiger partial charge in [0.15, 0.2) is 0 Å². The maximum absolute atomic E-state index is 13.2. The molecular weight excluding hydrogens is 355 g/mol. The highest BCUT2D eigenvalue weighted by atomic mass is 19.1. The van der Waals surface area contributed by atoms with Crippen LogP contribution in [-0.4, -0.2) is 16.6 Å². The van der Waals surface area contributed by atoms with Crippen LogP contribution in [0.25, 0.3) is 0 Å². The smallest absolute Gasteiger partial charge is 0.407 e. The third-order valence-corrected chi connectivity index (χ3v) is 3.43. The van der Waals surface area contributed by atoms with E-state index in [0.717, 1.165) is 0 Å². The predicted octanol–water partition coefficient (Wildman–Crippen LogP) is 4.86. The predicted molar refractivity (Wildman–Crippen MR) is 97.4 cm³/mol. The number of benzene rings is 2. The molecule has 27 heavy (non-hydrogen) atoms. The fourth-order valence-corrected chi connectivity index (χ4v) is 2.28. The van der Waals surface area contributed by atoms with Crippen LogP contribution in [0, 0.1) is 22.9 Å². The minimum atomic E-state index is -0.683. The Labute approximate surface area is 156 Å². The molecule has 0 atom stereocenters. The van der Waals surface area contributed by atoms with E-state index in [2.05, 4.69) is 5.32 Å². The Bertz CT molecular complexity index is 862. The quantitative estimate of drug-likeness (QED) is 0.594. The van der Waals surface area contributed by atoms with Gasteiger partial charge < -0.3 is 14.8 Å². The number of carbonyl (C=O) groups is 1. The SMILES string of the molecule is Cc1cc(F)ccc1Oc1ccc([N+](=O)[O-])c(CNC(=O)OC(C)(C)C)c1. The number of rotatable bonds is 5. The van der Waals surface area contributed by atoms with Gasteiger partial charge in [0.25, 0.3) is 5.69 Å². The van der Waals surface area contributed by atoms with Crippen LogP contribution in [0.1, 0.15) is 31.9 Å². The lowest BCUT2D eigenvalue weighted by Gasteiger charge is -2.19. The molecule has 1 N–H and O–H groups in total. The van der Waals surface area contributed by atoms with Crippen molar-refractivity contribution in [2.45, 2.75) is 39.8 Å². The number of ether oxygens (including phenoxy) is 2. The zero-order valence-electron chi connectivity index (χ0n) is 15.5. The molecule has 0 aliphatic rings. The number of nitrogens with one attached hydrogen (secondary N) is 1. The van der Waals surface area contributed by atoms with Gasteiger partial charge in [-0.2, -0.15) is 0 Å². The lowest BCUT2D eigenvalue weighted by atomic mass is 10.1. The Hall–Kier alpha value is -3.16.